The maximum Gasteiger partial charge on any atom is 0.418 e. The van der Waals surface area contributed by atoms with Crippen LogP contribution in [0, 0.1) is 0 Å². The number of hydrogen-bond donors (Lipinski definition) is 4. The maximum absolute atomic E-state index is 12.4. The Morgan fingerprint density at radius 2 is 2.00 bits per heavy atom. The van der Waals surface area contributed by atoms with Gasteiger partial charge in [-0.15, -0.1) is 4.28 Å². The molecule has 1 aliphatic rings. The van der Waals surface area contributed by atoms with Gasteiger partial charge in [0.25, 0.3) is 5.91 Å². The summed E-state index contributed by atoms with van der Waals surface area (Å²) < 4.78 is 33.4. The first-order valence-electron chi connectivity index (χ1n) is 8.11. The Morgan fingerprint density at radius 3 is 2.48 bits per heavy atom. The van der Waals surface area contributed by atoms with Gasteiger partial charge in [-0.1, -0.05) is 13.3 Å². The van der Waals surface area contributed by atoms with Crippen LogP contribution in [-0.2, 0) is 24.3 Å². The van der Waals surface area contributed by atoms with Crippen LogP contribution in [-0.4, -0.2) is 54.5 Å². The fourth-order valence-corrected chi connectivity index (χ4v) is 2.82. The van der Waals surface area contributed by atoms with Gasteiger partial charge < -0.3 is 10.6 Å². The molecular formula is C13H26N4O7S. The summed E-state index contributed by atoms with van der Waals surface area (Å²) in [6, 6.07) is -1.82. The number of rotatable bonds is 9. The predicted octanol–water partition coefficient (Wildman–Crippen LogP) is -0.151. The fourth-order valence-electron chi connectivity index (χ4n) is 2.64. The molecule has 5 N–H and O–H groups in total. The molecule has 2 unspecified atom stereocenters. The van der Waals surface area contributed by atoms with Crippen molar-refractivity contribution < 1.29 is 31.7 Å². The largest absolute Gasteiger partial charge is 0.418 e. The standard InChI is InChI=1S/C13H26N4O7S/c1-3-5-11(12(18)15-23-10-7-6-9(14)8-10)17(4-2)13(19)16-24-25(20,21)22/h9-11H,3-8,14H2,1-2H3,(H,15,18)(H,16,19)(H,20,21,22)/t9?,10?,11-/m0/s1. The highest BCUT2D eigenvalue weighted by molar-refractivity contribution is 7.80. The lowest BCUT2D eigenvalue weighted by molar-refractivity contribution is -0.143. The van der Waals surface area contributed by atoms with E-state index in [0.29, 0.717) is 19.3 Å². The van der Waals surface area contributed by atoms with E-state index >= 15 is 0 Å². The van der Waals surface area contributed by atoms with E-state index in [-0.39, 0.29) is 18.7 Å². The van der Waals surface area contributed by atoms with Crippen LogP contribution in [0.4, 0.5) is 4.79 Å². The fraction of sp³-hybridized carbons (Fsp3) is 0.846. The zero-order chi connectivity index (χ0) is 19.0. The first kappa shape index (κ1) is 21.6. The van der Waals surface area contributed by atoms with Gasteiger partial charge in [-0.05, 0) is 32.6 Å². The monoisotopic (exact) mass is 382 g/mol. The van der Waals surface area contributed by atoms with Crippen molar-refractivity contribution in [1.29, 1.82) is 0 Å². The molecule has 3 amide bonds. The van der Waals surface area contributed by atoms with E-state index < -0.39 is 28.4 Å². The zero-order valence-corrected chi connectivity index (χ0v) is 15.1. The number of likely N-dealkylation sites (N-methyl/N-ethyl adjacent to an activating group) is 1. The van der Waals surface area contributed by atoms with Crippen LogP contribution in [0.2, 0.25) is 0 Å². The lowest BCUT2D eigenvalue weighted by Gasteiger charge is -2.29. The van der Waals surface area contributed by atoms with Crippen LogP contribution in [0.15, 0.2) is 0 Å². The summed E-state index contributed by atoms with van der Waals surface area (Å²) in [4.78, 5) is 30.8. The van der Waals surface area contributed by atoms with E-state index in [1.54, 1.807) is 12.4 Å². The summed E-state index contributed by atoms with van der Waals surface area (Å²) in [5, 5.41) is 0. The van der Waals surface area contributed by atoms with Crippen molar-refractivity contribution in [2.75, 3.05) is 6.54 Å². The number of nitrogens with one attached hydrogen (secondary N) is 2. The van der Waals surface area contributed by atoms with Crippen LogP contribution in [0.3, 0.4) is 0 Å². The van der Waals surface area contributed by atoms with E-state index in [1.165, 1.54) is 0 Å². The topological polar surface area (TPSA) is 160 Å². The van der Waals surface area contributed by atoms with Crippen molar-refractivity contribution >= 4 is 22.3 Å². The smallest absolute Gasteiger partial charge is 0.328 e. The SMILES string of the molecule is CCC[C@@H](C(=O)NOC1CCC(N)C1)N(CC)C(=O)NOS(=O)(=O)O. The first-order chi connectivity index (χ1) is 11.7. The Morgan fingerprint density at radius 1 is 1.32 bits per heavy atom. The summed E-state index contributed by atoms with van der Waals surface area (Å²) in [6.45, 7) is 3.55. The number of carbonyl (C=O) groups excluding carboxylic acids is 2. The zero-order valence-electron chi connectivity index (χ0n) is 14.3. The Kier molecular flexibility index (Phi) is 8.52. The summed E-state index contributed by atoms with van der Waals surface area (Å²) in [5.41, 5.74) is 9.71. The number of nitrogens with zero attached hydrogens (tertiary/aromatic N) is 1. The summed E-state index contributed by atoms with van der Waals surface area (Å²) in [6.07, 6.45) is 2.93. The summed E-state index contributed by atoms with van der Waals surface area (Å²) >= 11 is 0. The molecule has 25 heavy (non-hydrogen) atoms. The number of carbonyl (C=O) groups is 2. The molecule has 0 aromatic heterocycles. The van der Waals surface area contributed by atoms with Crippen LogP contribution >= 0.6 is 0 Å². The third-order valence-corrected chi connectivity index (χ3v) is 4.12. The number of nitrogens with two attached hydrogens (primary N) is 1. The molecule has 0 heterocycles. The van der Waals surface area contributed by atoms with Crippen molar-refractivity contribution in [2.24, 2.45) is 5.73 Å². The van der Waals surface area contributed by atoms with E-state index in [2.05, 4.69) is 9.76 Å². The number of hydroxylamine groups is 2. The van der Waals surface area contributed by atoms with Gasteiger partial charge in [-0.2, -0.15) is 13.9 Å². The second kappa shape index (κ2) is 9.87. The quantitative estimate of drug-likeness (QED) is 0.316. The minimum Gasteiger partial charge on any atom is -0.328 e. The molecule has 1 saturated carbocycles. The van der Waals surface area contributed by atoms with Gasteiger partial charge in [0.15, 0.2) is 0 Å². The molecule has 146 valence electrons. The highest BCUT2D eigenvalue weighted by Crippen LogP contribution is 2.19. The molecule has 0 aromatic carbocycles. The molecule has 1 aliphatic carbocycles. The van der Waals surface area contributed by atoms with Crippen molar-refractivity contribution in [3.05, 3.63) is 0 Å². The van der Waals surface area contributed by atoms with Gasteiger partial charge in [0.2, 0.25) is 0 Å². The average Bonchev–Trinajstić information content (AvgIpc) is 2.95. The van der Waals surface area contributed by atoms with Crippen LogP contribution in [0.5, 0.6) is 0 Å². The minimum absolute atomic E-state index is 0.0452. The van der Waals surface area contributed by atoms with Gasteiger partial charge in [0, 0.05) is 12.6 Å². The number of hydrogen-bond acceptors (Lipinski definition) is 7. The van der Waals surface area contributed by atoms with Crippen molar-refractivity contribution in [3.63, 3.8) is 0 Å². The van der Waals surface area contributed by atoms with Gasteiger partial charge >= 0.3 is 16.4 Å². The molecule has 0 aliphatic heterocycles. The van der Waals surface area contributed by atoms with E-state index in [0.717, 1.165) is 17.7 Å². The van der Waals surface area contributed by atoms with Gasteiger partial charge in [-0.25, -0.2) is 10.3 Å². The summed E-state index contributed by atoms with van der Waals surface area (Å²) in [5.74, 6) is -0.536. The second-order valence-corrected chi connectivity index (χ2v) is 6.81. The highest BCUT2D eigenvalue weighted by Gasteiger charge is 2.30. The van der Waals surface area contributed by atoms with Crippen molar-refractivity contribution in [3.8, 4) is 0 Å². The number of urea groups is 1. The third kappa shape index (κ3) is 7.52. The summed E-state index contributed by atoms with van der Waals surface area (Å²) in [7, 11) is -4.84. The molecule has 0 aromatic rings. The van der Waals surface area contributed by atoms with Gasteiger partial charge in [0.1, 0.15) is 6.04 Å². The van der Waals surface area contributed by atoms with E-state index in [9.17, 15) is 18.0 Å². The Labute approximate surface area is 147 Å². The normalized spacial score (nSPS) is 21.6. The number of amides is 3. The van der Waals surface area contributed by atoms with Crippen LogP contribution in [0.1, 0.15) is 46.0 Å². The first-order valence-corrected chi connectivity index (χ1v) is 9.48. The van der Waals surface area contributed by atoms with Crippen LogP contribution < -0.4 is 16.7 Å². The van der Waals surface area contributed by atoms with E-state index in [4.69, 9.17) is 15.1 Å². The molecular weight excluding hydrogens is 356 g/mol. The molecule has 0 spiro atoms. The lowest BCUT2D eigenvalue weighted by atomic mass is 10.1. The lowest BCUT2D eigenvalue weighted by Crippen LogP contribution is -2.53. The minimum atomic E-state index is -4.84. The van der Waals surface area contributed by atoms with Crippen molar-refractivity contribution in [2.45, 2.75) is 64.1 Å². The van der Waals surface area contributed by atoms with Gasteiger partial charge in [0.05, 0.1) is 6.10 Å². The third-order valence-electron chi connectivity index (χ3n) is 3.83. The molecule has 0 bridgehead atoms. The Balaban J connectivity index is 2.66. The molecule has 1 rings (SSSR count). The Hall–Kier alpha value is -1.47. The molecule has 3 atom stereocenters. The van der Waals surface area contributed by atoms with E-state index in [1.807, 2.05) is 6.92 Å². The highest BCUT2D eigenvalue weighted by atomic mass is 32.3. The van der Waals surface area contributed by atoms with Crippen molar-refractivity contribution in [1.82, 2.24) is 15.9 Å². The predicted molar refractivity (Wildman–Crippen MR) is 87.1 cm³/mol. The molecule has 12 heteroatoms. The molecule has 11 nitrogen and oxygen atoms in total. The molecule has 1 fully saturated rings. The van der Waals surface area contributed by atoms with Gasteiger partial charge in [-0.3, -0.25) is 14.2 Å². The second-order valence-electron chi connectivity index (χ2n) is 5.79. The molecule has 0 saturated heterocycles. The average molecular weight is 382 g/mol. The maximum atomic E-state index is 12.4. The Bertz CT molecular complexity index is 557. The van der Waals surface area contributed by atoms with Crippen LogP contribution in [0.25, 0.3) is 0 Å². The molecule has 0 radical (unpaired) electrons.